The van der Waals surface area contributed by atoms with Crippen molar-refractivity contribution in [2.45, 2.75) is 17.7 Å². The number of aliphatic hydroxyl groups is 1. The fraction of sp³-hybridized carbons (Fsp3) is 0.250. The Hall–Kier alpha value is -1.03. The Kier molecular flexibility index (Phi) is 3.43. The molecule has 0 saturated carbocycles. The van der Waals surface area contributed by atoms with Gasteiger partial charge in [-0.05, 0) is 23.9 Å². The molecule has 0 aliphatic rings. The molecule has 0 atom stereocenters. The maximum atomic E-state index is 11.9. The lowest BCUT2D eigenvalue weighted by atomic mass is 10.4. The Morgan fingerprint density at radius 2 is 2.24 bits per heavy atom. The van der Waals surface area contributed by atoms with Crippen LogP contribution in [-0.4, -0.2) is 23.7 Å². The molecular formula is C8H9N3O3S3. The van der Waals surface area contributed by atoms with Gasteiger partial charge in [-0.2, -0.15) is 0 Å². The van der Waals surface area contributed by atoms with E-state index in [4.69, 9.17) is 5.11 Å². The number of thiophene rings is 1. The van der Waals surface area contributed by atoms with E-state index in [9.17, 15) is 8.42 Å². The third-order valence-corrected chi connectivity index (χ3v) is 5.54. The highest BCUT2D eigenvalue weighted by Crippen LogP contribution is 2.24. The van der Waals surface area contributed by atoms with E-state index in [2.05, 4.69) is 14.9 Å². The van der Waals surface area contributed by atoms with Crippen LogP contribution in [0, 0.1) is 6.92 Å². The fourth-order valence-corrected chi connectivity index (χ4v) is 4.10. The molecule has 92 valence electrons. The molecule has 2 heterocycles. The van der Waals surface area contributed by atoms with Gasteiger partial charge in [0.05, 0.1) is 6.61 Å². The zero-order chi connectivity index (χ0) is 12.5. The predicted octanol–water partition coefficient (Wildman–Crippen LogP) is 1.20. The van der Waals surface area contributed by atoms with Crippen LogP contribution in [0.4, 0.5) is 5.13 Å². The van der Waals surface area contributed by atoms with Gasteiger partial charge >= 0.3 is 0 Å². The van der Waals surface area contributed by atoms with Crippen LogP contribution < -0.4 is 4.72 Å². The monoisotopic (exact) mass is 291 g/mol. The molecule has 0 aromatic carbocycles. The number of rotatable bonds is 4. The van der Waals surface area contributed by atoms with Crippen molar-refractivity contribution in [3.8, 4) is 0 Å². The summed E-state index contributed by atoms with van der Waals surface area (Å²) in [4.78, 5) is 0. The minimum atomic E-state index is -3.62. The van der Waals surface area contributed by atoms with E-state index in [0.29, 0.717) is 10.6 Å². The van der Waals surface area contributed by atoms with Crippen LogP contribution in [0.3, 0.4) is 0 Å². The van der Waals surface area contributed by atoms with Gasteiger partial charge in [0.2, 0.25) is 5.13 Å². The molecule has 0 unspecified atom stereocenters. The van der Waals surface area contributed by atoms with Crippen molar-refractivity contribution in [3.05, 3.63) is 22.0 Å². The van der Waals surface area contributed by atoms with Crippen molar-refractivity contribution >= 4 is 37.8 Å². The molecule has 2 rings (SSSR count). The highest BCUT2D eigenvalue weighted by Gasteiger charge is 2.18. The third-order valence-electron chi connectivity index (χ3n) is 1.82. The molecule has 2 N–H and O–H groups in total. The highest BCUT2D eigenvalue weighted by atomic mass is 32.2. The van der Waals surface area contributed by atoms with Gasteiger partial charge < -0.3 is 5.11 Å². The van der Waals surface area contributed by atoms with Crippen LogP contribution in [0.1, 0.15) is 10.6 Å². The van der Waals surface area contributed by atoms with E-state index < -0.39 is 10.0 Å². The molecule has 2 aromatic rings. The Balaban J connectivity index is 2.24. The number of aliphatic hydroxyl groups excluding tert-OH is 1. The second kappa shape index (κ2) is 4.69. The average Bonchev–Trinajstić information content (AvgIpc) is 2.86. The van der Waals surface area contributed by atoms with Crippen molar-refractivity contribution in [1.82, 2.24) is 10.2 Å². The molecule has 0 bridgehead atoms. The zero-order valence-corrected chi connectivity index (χ0v) is 11.2. The smallest absolute Gasteiger partial charge is 0.273 e. The minimum absolute atomic E-state index is 0.148. The van der Waals surface area contributed by atoms with E-state index in [1.807, 2.05) is 0 Å². The molecule has 0 fully saturated rings. The second-order valence-corrected chi connectivity index (χ2v) is 7.17. The number of anilines is 1. The minimum Gasteiger partial charge on any atom is -0.392 e. The van der Waals surface area contributed by atoms with Gasteiger partial charge in [0.1, 0.15) is 9.22 Å². The van der Waals surface area contributed by atoms with Crippen molar-refractivity contribution in [2.24, 2.45) is 0 Å². The molecule has 0 amide bonds. The summed E-state index contributed by atoms with van der Waals surface area (Å²) in [5.74, 6) is 0. The van der Waals surface area contributed by atoms with E-state index >= 15 is 0 Å². The van der Waals surface area contributed by atoms with Gasteiger partial charge in [-0.15, -0.1) is 21.5 Å². The zero-order valence-electron chi connectivity index (χ0n) is 8.74. The largest absolute Gasteiger partial charge is 0.392 e. The predicted molar refractivity (Wildman–Crippen MR) is 65.7 cm³/mol. The second-order valence-electron chi connectivity index (χ2n) is 3.16. The first kappa shape index (κ1) is 12.4. The first-order valence-corrected chi connectivity index (χ1v) is 7.70. The maximum Gasteiger partial charge on any atom is 0.273 e. The Labute approximate surface area is 106 Å². The van der Waals surface area contributed by atoms with E-state index in [-0.39, 0.29) is 15.9 Å². The standard InChI is InChI=1S/C8H9N3O3S3/c1-5-9-10-8(16-5)11-17(13,14)7-2-6(3-12)4-15-7/h2,4,12H,3H2,1H3,(H,10,11). The lowest BCUT2D eigenvalue weighted by molar-refractivity contribution is 0.282. The molecule has 0 aliphatic carbocycles. The van der Waals surface area contributed by atoms with E-state index in [1.54, 1.807) is 12.3 Å². The molecule has 9 heteroatoms. The van der Waals surface area contributed by atoms with Crippen LogP contribution in [-0.2, 0) is 16.6 Å². The summed E-state index contributed by atoms with van der Waals surface area (Å²) in [5, 5.41) is 18.8. The van der Waals surface area contributed by atoms with Crippen LogP contribution in [0.25, 0.3) is 0 Å². The first-order valence-electron chi connectivity index (χ1n) is 4.52. The molecule has 6 nitrogen and oxygen atoms in total. The summed E-state index contributed by atoms with van der Waals surface area (Å²) in [7, 11) is -3.62. The van der Waals surface area contributed by atoms with Crippen molar-refractivity contribution in [3.63, 3.8) is 0 Å². The lowest BCUT2D eigenvalue weighted by Crippen LogP contribution is -2.11. The maximum absolute atomic E-state index is 11.9. The molecule has 0 saturated heterocycles. The van der Waals surface area contributed by atoms with Gasteiger partial charge in [-0.1, -0.05) is 11.3 Å². The van der Waals surface area contributed by atoms with Crippen molar-refractivity contribution in [2.75, 3.05) is 4.72 Å². The summed E-state index contributed by atoms with van der Waals surface area (Å²) < 4.78 is 26.3. The number of aromatic nitrogens is 2. The molecule has 2 aromatic heterocycles. The Bertz CT molecular complexity index is 617. The van der Waals surface area contributed by atoms with E-state index in [1.165, 1.54) is 6.07 Å². The van der Waals surface area contributed by atoms with Crippen LogP contribution >= 0.6 is 22.7 Å². The lowest BCUT2D eigenvalue weighted by Gasteiger charge is -2.00. The molecule has 0 radical (unpaired) electrons. The average molecular weight is 291 g/mol. The Morgan fingerprint density at radius 3 is 2.76 bits per heavy atom. The third kappa shape index (κ3) is 2.80. The summed E-state index contributed by atoms with van der Waals surface area (Å²) in [5.41, 5.74) is 0.573. The molecule has 17 heavy (non-hydrogen) atoms. The number of aryl methyl sites for hydroxylation is 1. The number of hydrogen-bond acceptors (Lipinski definition) is 7. The topological polar surface area (TPSA) is 92.2 Å². The summed E-state index contributed by atoms with van der Waals surface area (Å²) in [6.45, 7) is 1.56. The van der Waals surface area contributed by atoms with Crippen molar-refractivity contribution < 1.29 is 13.5 Å². The van der Waals surface area contributed by atoms with Gasteiger partial charge in [0.25, 0.3) is 10.0 Å². The van der Waals surface area contributed by atoms with Gasteiger partial charge in [-0.25, -0.2) is 8.42 Å². The van der Waals surface area contributed by atoms with Crippen molar-refractivity contribution in [1.29, 1.82) is 0 Å². The fourth-order valence-electron chi connectivity index (χ4n) is 1.08. The summed E-state index contributed by atoms with van der Waals surface area (Å²) in [6.07, 6.45) is 0. The van der Waals surface area contributed by atoms with Crippen LogP contribution in [0.15, 0.2) is 15.7 Å². The Morgan fingerprint density at radius 1 is 1.47 bits per heavy atom. The SMILES string of the molecule is Cc1nnc(NS(=O)(=O)c2cc(CO)cs2)s1. The quantitative estimate of drug-likeness (QED) is 0.883. The molecular weight excluding hydrogens is 282 g/mol. The van der Waals surface area contributed by atoms with Gasteiger partial charge in [-0.3, -0.25) is 4.72 Å². The van der Waals surface area contributed by atoms with Gasteiger partial charge in [0.15, 0.2) is 0 Å². The molecule has 0 aliphatic heterocycles. The van der Waals surface area contributed by atoms with Crippen LogP contribution in [0.2, 0.25) is 0 Å². The number of hydrogen-bond donors (Lipinski definition) is 2. The number of sulfonamides is 1. The number of nitrogens with zero attached hydrogens (tertiary/aromatic N) is 2. The number of nitrogens with one attached hydrogen (secondary N) is 1. The first-order chi connectivity index (χ1) is 8.01. The van der Waals surface area contributed by atoms with Gasteiger partial charge in [0, 0.05) is 0 Å². The van der Waals surface area contributed by atoms with E-state index in [0.717, 1.165) is 22.7 Å². The highest BCUT2D eigenvalue weighted by molar-refractivity contribution is 7.94. The van der Waals surface area contributed by atoms with Crippen LogP contribution in [0.5, 0.6) is 0 Å². The summed E-state index contributed by atoms with van der Waals surface area (Å²) >= 11 is 2.22. The normalized spacial score (nSPS) is 11.6. The summed E-state index contributed by atoms with van der Waals surface area (Å²) in [6, 6.07) is 1.43. The molecule has 0 spiro atoms.